The number of furan rings is 1. The molecule has 0 unspecified atom stereocenters. The van der Waals surface area contributed by atoms with Gasteiger partial charge in [0, 0.05) is 7.05 Å². The van der Waals surface area contributed by atoms with E-state index < -0.39 is 0 Å². The summed E-state index contributed by atoms with van der Waals surface area (Å²) in [5.41, 5.74) is 0.806. The van der Waals surface area contributed by atoms with Gasteiger partial charge in [-0.1, -0.05) is 6.58 Å². The molecule has 0 fully saturated rings. The van der Waals surface area contributed by atoms with Gasteiger partial charge in [-0.25, -0.2) is 0 Å². The van der Waals surface area contributed by atoms with Crippen molar-refractivity contribution in [2.45, 2.75) is 0 Å². The van der Waals surface area contributed by atoms with Crippen LogP contribution in [0.25, 0.3) is 5.70 Å². The van der Waals surface area contributed by atoms with Gasteiger partial charge >= 0.3 is 0 Å². The number of hydrogen-bond acceptors (Lipinski definition) is 2. The highest BCUT2D eigenvalue weighted by Crippen LogP contribution is 2.07. The minimum atomic E-state index is 0.789. The van der Waals surface area contributed by atoms with Gasteiger partial charge < -0.3 is 9.73 Å². The average Bonchev–Trinajstić information content (AvgIpc) is 2.37. The summed E-state index contributed by atoms with van der Waals surface area (Å²) in [6, 6.07) is 3.69. The van der Waals surface area contributed by atoms with Crippen LogP contribution >= 0.6 is 0 Å². The highest BCUT2D eigenvalue weighted by Gasteiger charge is 1.95. The predicted octanol–water partition coefficient (Wildman–Crippen LogP) is 1.47. The molecular formula is C7H9NO. The van der Waals surface area contributed by atoms with Gasteiger partial charge in [0.05, 0.1) is 12.0 Å². The molecule has 2 nitrogen and oxygen atoms in total. The van der Waals surface area contributed by atoms with Gasteiger partial charge in [0.15, 0.2) is 0 Å². The van der Waals surface area contributed by atoms with Crippen molar-refractivity contribution in [2.75, 3.05) is 7.05 Å². The Morgan fingerprint density at radius 1 is 1.78 bits per heavy atom. The molecule has 0 saturated carbocycles. The van der Waals surface area contributed by atoms with Crippen LogP contribution < -0.4 is 5.32 Å². The van der Waals surface area contributed by atoms with Crippen LogP contribution in [0.3, 0.4) is 0 Å². The Morgan fingerprint density at radius 3 is 3.00 bits per heavy atom. The van der Waals surface area contributed by atoms with Crippen LogP contribution in [0.1, 0.15) is 5.76 Å². The first-order valence-electron chi connectivity index (χ1n) is 2.75. The number of nitrogens with one attached hydrogen (secondary N) is 1. The SMILES string of the molecule is C=C(NC)c1ccco1. The van der Waals surface area contributed by atoms with Crippen LogP contribution in [-0.4, -0.2) is 7.05 Å². The monoisotopic (exact) mass is 123 g/mol. The number of rotatable bonds is 2. The maximum Gasteiger partial charge on any atom is 0.149 e. The highest BCUT2D eigenvalue weighted by molar-refractivity contribution is 5.55. The molecule has 1 aromatic heterocycles. The van der Waals surface area contributed by atoms with Crippen LogP contribution in [0.4, 0.5) is 0 Å². The standard InChI is InChI=1S/C7H9NO/c1-6(8-2)7-4-3-5-9-7/h3-5,8H,1H2,2H3. The fourth-order valence-corrected chi connectivity index (χ4v) is 0.573. The molecule has 0 spiro atoms. The van der Waals surface area contributed by atoms with E-state index in [1.807, 2.05) is 19.2 Å². The first-order valence-corrected chi connectivity index (χ1v) is 2.75. The van der Waals surface area contributed by atoms with Gasteiger partial charge in [-0.15, -0.1) is 0 Å². The smallest absolute Gasteiger partial charge is 0.149 e. The van der Waals surface area contributed by atoms with E-state index in [0.717, 1.165) is 11.5 Å². The molecule has 0 aliphatic rings. The van der Waals surface area contributed by atoms with E-state index >= 15 is 0 Å². The minimum Gasteiger partial charge on any atom is -0.463 e. The Bertz CT molecular complexity index is 189. The summed E-state index contributed by atoms with van der Waals surface area (Å²) in [7, 11) is 1.81. The van der Waals surface area contributed by atoms with Gasteiger partial charge in [0.1, 0.15) is 5.76 Å². The van der Waals surface area contributed by atoms with E-state index in [-0.39, 0.29) is 0 Å². The van der Waals surface area contributed by atoms with E-state index in [1.165, 1.54) is 0 Å². The second-order valence-corrected chi connectivity index (χ2v) is 1.71. The first-order chi connectivity index (χ1) is 4.34. The normalized spacial score (nSPS) is 9.00. The van der Waals surface area contributed by atoms with Crippen molar-refractivity contribution in [3.63, 3.8) is 0 Å². The maximum atomic E-state index is 5.02. The molecule has 48 valence electrons. The minimum absolute atomic E-state index is 0.789. The average molecular weight is 123 g/mol. The molecule has 1 N–H and O–H groups in total. The molecule has 1 aromatic rings. The Kier molecular flexibility index (Phi) is 1.58. The van der Waals surface area contributed by atoms with Crippen molar-refractivity contribution < 1.29 is 4.42 Å². The summed E-state index contributed by atoms with van der Waals surface area (Å²) >= 11 is 0. The van der Waals surface area contributed by atoms with Crippen molar-refractivity contribution in [2.24, 2.45) is 0 Å². The van der Waals surface area contributed by atoms with Crippen LogP contribution in [-0.2, 0) is 0 Å². The molecule has 0 bridgehead atoms. The summed E-state index contributed by atoms with van der Waals surface area (Å²) in [5.74, 6) is 0.789. The largest absolute Gasteiger partial charge is 0.463 e. The summed E-state index contributed by atoms with van der Waals surface area (Å²) in [5, 5.41) is 2.88. The summed E-state index contributed by atoms with van der Waals surface area (Å²) < 4.78 is 5.02. The molecule has 1 rings (SSSR count). The van der Waals surface area contributed by atoms with Crippen LogP contribution in [0.2, 0.25) is 0 Å². The molecule has 1 heterocycles. The lowest BCUT2D eigenvalue weighted by molar-refractivity contribution is 0.549. The molecule has 0 amide bonds. The zero-order valence-corrected chi connectivity index (χ0v) is 5.35. The lowest BCUT2D eigenvalue weighted by Crippen LogP contribution is -2.00. The second-order valence-electron chi connectivity index (χ2n) is 1.71. The zero-order chi connectivity index (χ0) is 6.69. The zero-order valence-electron chi connectivity index (χ0n) is 5.35. The Balaban J connectivity index is 2.77. The first kappa shape index (κ1) is 5.95. The van der Waals surface area contributed by atoms with Crippen molar-refractivity contribution in [3.8, 4) is 0 Å². The summed E-state index contributed by atoms with van der Waals surface area (Å²) in [6.07, 6.45) is 1.62. The fraction of sp³-hybridized carbons (Fsp3) is 0.143. The Morgan fingerprint density at radius 2 is 2.56 bits per heavy atom. The number of hydrogen-bond donors (Lipinski definition) is 1. The van der Waals surface area contributed by atoms with E-state index in [2.05, 4.69) is 11.9 Å². The van der Waals surface area contributed by atoms with Crippen molar-refractivity contribution >= 4 is 5.70 Å². The third-order valence-electron chi connectivity index (χ3n) is 1.12. The van der Waals surface area contributed by atoms with Crippen LogP contribution in [0, 0.1) is 0 Å². The van der Waals surface area contributed by atoms with Crippen LogP contribution in [0.15, 0.2) is 29.4 Å². The summed E-state index contributed by atoms with van der Waals surface area (Å²) in [4.78, 5) is 0. The fourth-order valence-electron chi connectivity index (χ4n) is 0.573. The van der Waals surface area contributed by atoms with E-state index in [9.17, 15) is 0 Å². The predicted molar refractivity (Wildman–Crippen MR) is 36.8 cm³/mol. The quantitative estimate of drug-likeness (QED) is 0.644. The molecule has 0 aliphatic heterocycles. The Hall–Kier alpha value is -1.18. The molecule has 0 saturated heterocycles. The van der Waals surface area contributed by atoms with Crippen molar-refractivity contribution in [3.05, 3.63) is 30.7 Å². The van der Waals surface area contributed by atoms with Crippen molar-refractivity contribution in [1.29, 1.82) is 0 Å². The second kappa shape index (κ2) is 2.40. The third kappa shape index (κ3) is 1.13. The molecule has 0 atom stereocenters. The van der Waals surface area contributed by atoms with Gasteiger partial charge in [-0.05, 0) is 12.1 Å². The molecule has 9 heavy (non-hydrogen) atoms. The van der Waals surface area contributed by atoms with Crippen molar-refractivity contribution in [1.82, 2.24) is 5.32 Å². The van der Waals surface area contributed by atoms with Gasteiger partial charge in [-0.2, -0.15) is 0 Å². The van der Waals surface area contributed by atoms with E-state index in [4.69, 9.17) is 4.42 Å². The van der Waals surface area contributed by atoms with E-state index in [0.29, 0.717) is 0 Å². The van der Waals surface area contributed by atoms with E-state index in [1.54, 1.807) is 6.26 Å². The van der Waals surface area contributed by atoms with Gasteiger partial charge in [0.2, 0.25) is 0 Å². The topological polar surface area (TPSA) is 25.2 Å². The highest BCUT2D eigenvalue weighted by atomic mass is 16.3. The lowest BCUT2D eigenvalue weighted by atomic mass is 10.4. The van der Waals surface area contributed by atoms with Crippen LogP contribution in [0.5, 0.6) is 0 Å². The van der Waals surface area contributed by atoms with Gasteiger partial charge in [-0.3, -0.25) is 0 Å². The molecular weight excluding hydrogens is 114 g/mol. The third-order valence-corrected chi connectivity index (χ3v) is 1.12. The lowest BCUT2D eigenvalue weighted by Gasteiger charge is -1.96. The summed E-state index contributed by atoms with van der Waals surface area (Å²) in [6.45, 7) is 3.71. The molecule has 2 heteroatoms. The van der Waals surface area contributed by atoms with Gasteiger partial charge in [0.25, 0.3) is 0 Å². The molecule has 0 aliphatic carbocycles. The Labute approximate surface area is 54.2 Å². The maximum absolute atomic E-state index is 5.02. The molecule has 0 aromatic carbocycles. The molecule has 0 radical (unpaired) electrons.